The first-order valence-corrected chi connectivity index (χ1v) is 6.01. The molecule has 4 nitrogen and oxygen atoms in total. The number of aryl methyl sites for hydroxylation is 2. The molecule has 0 unspecified atom stereocenters. The molecular weight excluding hydrogens is 230 g/mol. The fraction of sp³-hybridized carbons (Fsp3) is 0.500. The molecule has 0 N–H and O–H groups in total. The molecule has 1 aromatic carbocycles. The highest BCUT2D eigenvalue weighted by molar-refractivity contribution is 5.77. The molecule has 1 rings (SSSR count). The Kier molecular flexibility index (Phi) is 5.01. The average molecular weight is 251 g/mol. The molecule has 0 aliphatic carbocycles. The number of hydrogen-bond donors (Lipinski definition) is 0. The molecule has 0 radical (unpaired) electrons. The Morgan fingerprint density at radius 3 is 2.44 bits per heavy atom. The van der Waals surface area contributed by atoms with E-state index in [1.54, 1.807) is 14.0 Å². The molecule has 0 amide bonds. The van der Waals surface area contributed by atoms with E-state index in [0.717, 1.165) is 11.4 Å². The Hall–Kier alpha value is -1.71. The molecule has 0 fully saturated rings. The topological polar surface area (TPSA) is 38.8 Å². The highest BCUT2D eigenvalue weighted by Gasteiger charge is 2.13. The van der Waals surface area contributed by atoms with Crippen LogP contribution in [-0.2, 0) is 9.53 Å². The van der Waals surface area contributed by atoms with Crippen molar-refractivity contribution in [1.82, 2.24) is 0 Å². The largest absolute Gasteiger partial charge is 0.495 e. The quantitative estimate of drug-likeness (QED) is 0.753. The van der Waals surface area contributed by atoms with E-state index in [2.05, 4.69) is 0 Å². The summed E-state index contributed by atoms with van der Waals surface area (Å²) in [5.41, 5.74) is 3.23. The van der Waals surface area contributed by atoms with Crippen molar-refractivity contribution < 1.29 is 14.3 Å². The smallest absolute Gasteiger partial charge is 0.325 e. The summed E-state index contributed by atoms with van der Waals surface area (Å²) in [7, 11) is 3.48. The van der Waals surface area contributed by atoms with Crippen LogP contribution in [0.2, 0.25) is 0 Å². The van der Waals surface area contributed by atoms with Gasteiger partial charge in [-0.2, -0.15) is 0 Å². The van der Waals surface area contributed by atoms with Gasteiger partial charge in [-0.25, -0.2) is 0 Å². The summed E-state index contributed by atoms with van der Waals surface area (Å²) in [4.78, 5) is 13.3. The van der Waals surface area contributed by atoms with Gasteiger partial charge in [0.2, 0.25) is 0 Å². The second kappa shape index (κ2) is 6.28. The van der Waals surface area contributed by atoms with E-state index < -0.39 is 0 Å². The van der Waals surface area contributed by atoms with Gasteiger partial charge in [0.1, 0.15) is 12.3 Å². The van der Waals surface area contributed by atoms with Crippen molar-refractivity contribution in [3.8, 4) is 5.75 Å². The molecule has 4 heteroatoms. The maximum atomic E-state index is 11.5. The standard InChI is InChI=1S/C14H21NO3/c1-6-18-14(16)9-15(4)12-7-10(2)11(3)8-13(12)17-5/h7-8H,6,9H2,1-5H3. The van der Waals surface area contributed by atoms with Crippen LogP contribution in [0.25, 0.3) is 0 Å². The summed E-state index contributed by atoms with van der Waals surface area (Å²) in [6.07, 6.45) is 0. The molecule has 100 valence electrons. The van der Waals surface area contributed by atoms with Crippen LogP contribution in [0.5, 0.6) is 5.75 Å². The highest BCUT2D eigenvalue weighted by Crippen LogP contribution is 2.30. The van der Waals surface area contributed by atoms with Gasteiger partial charge in [-0.1, -0.05) is 0 Å². The minimum Gasteiger partial charge on any atom is -0.495 e. The van der Waals surface area contributed by atoms with Crippen LogP contribution in [0.1, 0.15) is 18.1 Å². The average Bonchev–Trinajstić information content (AvgIpc) is 2.32. The lowest BCUT2D eigenvalue weighted by molar-refractivity contribution is -0.141. The lowest BCUT2D eigenvalue weighted by Gasteiger charge is -2.22. The minimum atomic E-state index is -0.236. The zero-order valence-corrected chi connectivity index (χ0v) is 11.7. The third kappa shape index (κ3) is 3.39. The third-order valence-corrected chi connectivity index (χ3v) is 2.88. The number of esters is 1. The van der Waals surface area contributed by atoms with Gasteiger partial charge in [0.25, 0.3) is 0 Å². The molecule has 0 aliphatic heterocycles. The molecule has 0 saturated carbocycles. The van der Waals surface area contributed by atoms with E-state index in [4.69, 9.17) is 9.47 Å². The van der Waals surface area contributed by atoms with Gasteiger partial charge < -0.3 is 14.4 Å². The lowest BCUT2D eigenvalue weighted by Crippen LogP contribution is -2.27. The third-order valence-electron chi connectivity index (χ3n) is 2.88. The number of ether oxygens (including phenoxy) is 2. The van der Waals surface area contributed by atoms with Crippen LogP contribution in [0.3, 0.4) is 0 Å². The predicted molar refractivity (Wildman–Crippen MR) is 72.4 cm³/mol. The number of carbonyl (C=O) groups is 1. The number of hydrogen-bond acceptors (Lipinski definition) is 4. The van der Waals surface area contributed by atoms with E-state index in [1.165, 1.54) is 11.1 Å². The molecule has 0 spiro atoms. The summed E-state index contributed by atoms with van der Waals surface area (Å²) >= 11 is 0. The van der Waals surface area contributed by atoms with E-state index in [-0.39, 0.29) is 12.5 Å². The van der Waals surface area contributed by atoms with Crippen molar-refractivity contribution in [3.05, 3.63) is 23.3 Å². The summed E-state index contributed by atoms with van der Waals surface area (Å²) < 4.78 is 10.3. The number of nitrogens with zero attached hydrogens (tertiary/aromatic N) is 1. The van der Waals surface area contributed by atoms with Gasteiger partial charge in [0.05, 0.1) is 19.4 Å². The summed E-state index contributed by atoms with van der Waals surface area (Å²) in [5.74, 6) is 0.533. The molecule has 0 bridgehead atoms. The summed E-state index contributed by atoms with van der Waals surface area (Å²) in [5, 5.41) is 0. The van der Waals surface area contributed by atoms with E-state index in [0.29, 0.717) is 6.61 Å². The molecule has 0 saturated heterocycles. The SMILES string of the molecule is CCOC(=O)CN(C)c1cc(C)c(C)cc1OC. The van der Waals surface area contributed by atoms with Crippen LogP contribution in [0, 0.1) is 13.8 Å². The van der Waals surface area contributed by atoms with E-state index in [1.807, 2.05) is 37.9 Å². The maximum absolute atomic E-state index is 11.5. The maximum Gasteiger partial charge on any atom is 0.325 e. The zero-order chi connectivity index (χ0) is 13.7. The normalized spacial score (nSPS) is 10.1. The Morgan fingerprint density at radius 2 is 1.89 bits per heavy atom. The Morgan fingerprint density at radius 1 is 1.28 bits per heavy atom. The fourth-order valence-corrected chi connectivity index (χ4v) is 1.72. The van der Waals surface area contributed by atoms with Crippen LogP contribution in [0.15, 0.2) is 12.1 Å². The van der Waals surface area contributed by atoms with Gasteiger partial charge >= 0.3 is 5.97 Å². The van der Waals surface area contributed by atoms with Crippen LogP contribution in [0.4, 0.5) is 5.69 Å². The Balaban J connectivity index is 2.93. The second-order valence-corrected chi connectivity index (χ2v) is 4.27. The van der Waals surface area contributed by atoms with Crippen molar-refractivity contribution in [3.63, 3.8) is 0 Å². The van der Waals surface area contributed by atoms with Gasteiger partial charge in [0, 0.05) is 7.05 Å². The lowest BCUT2D eigenvalue weighted by atomic mass is 10.1. The van der Waals surface area contributed by atoms with Crippen molar-refractivity contribution in [1.29, 1.82) is 0 Å². The van der Waals surface area contributed by atoms with Crippen LogP contribution in [-0.4, -0.2) is 33.3 Å². The first-order valence-electron chi connectivity index (χ1n) is 6.01. The molecule has 0 atom stereocenters. The number of anilines is 1. The minimum absolute atomic E-state index is 0.215. The summed E-state index contributed by atoms with van der Waals surface area (Å²) in [6, 6.07) is 4.00. The molecule has 18 heavy (non-hydrogen) atoms. The van der Waals surface area contributed by atoms with E-state index >= 15 is 0 Å². The molecule has 0 aromatic heterocycles. The number of rotatable bonds is 5. The van der Waals surface area contributed by atoms with E-state index in [9.17, 15) is 4.79 Å². The molecular formula is C14H21NO3. The first kappa shape index (κ1) is 14.4. The number of likely N-dealkylation sites (N-methyl/N-ethyl adjacent to an activating group) is 1. The Bertz CT molecular complexity index is 429. The second-order valence-electron chi connectivity index (χ2n) is 4.27. The van der Waals surface area contributed by atoms with Gasteiger partial charge in [-0.3, -0.25) is 4.79 Å². The number of methoxy groups -OCH3 is 1. The van der Waals surface area contributed by atoms with Gasteiger partial charge in [0.15, 0.2) is 0 Å². The van der Waals surface area contributed by atoms with Crippen LogP contribution >= 0.6 is 0 Å². The van der Waals surface area contributed by atoms with Crippen LogP contribution < -0.4 is 9.64 Å². The van der Waals surface area contributed by atoms with Crippen molar-refractivity contribution in [2.75, 3.05) is 32.2 Å². The monoisotopic (exact) mass is 251 g/mol. The van der Waals surface area contributed by atoms with Crippen molar-refractivity contribution in [2.45, 2.75) is 20.8 Å². The summed E-state index contributed by atoms with van der Waals surface area (Å²) in [6.45, 7) is 6.49. The Labute approximate surface area is 108 Å². The molecule has 0 aliphatic rings. The van der Waals surface area contributed by atoms with Crippen molar-refractivity contribution >= 4 is 11.7 Å². The molecule has 1 aromatic rings. The van der Waals surface area contributed by atoms with Crippen molar-refractivity contribution in [2.24, 2.45) is 0 Å². The predicted octanol–water partition coefficient (Wildman–Crippen LogP) is 2.31. The van der Waals surface area contributed by atoms with Gasteiger partial charge in [-0.05, 0) is 44.0 Å². The molecule has 0 heterocycles. The highest BCUT2D eigenvalue weighted by atomic mass is 16.5. The first-order chi connectivity index (χ1) is 8.49. The van der Waals surface area contributed by atoms with Gasteiger partial charge in [-0.15, -0.1) is 0 Å². The number of carbonyl (C=O) groups excluding carboxylic acids is 1. The zero-order valence-electron chi connectivity index (χ0n) is 11.7. The number of benzene rings is 1. The fourth-order valence-electron chi connectivity index (χ4n) is 1.72.